The van der Waals surface area contributed by atoms with Crippen LogP contribution in [0.4, 0.5) is 0 Å². The van der Waals surface area contributed by atoms with Crippen LogP contribution in [0.1, 0.15) is 15.9 Å². The van der Waals surface area contributed by atoms with Gasteiger partial charge in [-0.15, -0.1) is 0 Å². The highest BCUT2D eigenvalue weighted by Gasteiger charge is 2.24. The molecule has 0 atom stereocenters. The molecular weight excluding hydrogens is 348 g/mol. The molecule has 0 heterocycles. The van der Waals surface area contributed by atoms with Gasteiger partial charge in [0.05, 0.1) is 0 Å². The lowest BCUT2D eigenvalue weighted by Crippen LogP contribution is -2.05. The van der Waals surface area contributed by atoms with Gasteiger partial charge in [-0.1, -0.05) is 91.0 Å². The molecule has 0 saturated carbocycles. The molecule has 3 heteroatoms. The number of carbonyl (C=O) groups is 1. The predicted octanol–water partition coefficient (Wildman–Crippen LogP) is 5.66. The number of aromatic hydroxyl groups is 2. The Kier molecular flexibility index (Phi) is 4.65. The summed E-state index contributed by atoms with van der Waals surface area (Å²) in [5, 5.41) is 21.1. The Hall–Kier alpha value is -3.85. The smallest absolute Gasteiger partial charge is 0.193 e. The third kappa shape index (κ3) is 3.14. The van der Waals surface area contributed by atoms with Crippen molar-refractivity contribution in [3.05, 3.63) is 108 Å². The molecule has 2 N–H and O–H groups in total. The molecule has 0 saturated heterocycles. The van der Waals surface area contributed by atoms with E-state index in [1.165, 1.54) is 6.07 Å². The molecule has 0 aliphatic rings. The van der Waals surface area contributed by atoms with Gasteiger partial charge >= 0.3 is 0 Å². The van der Waals surface area contributed by atoms with Gasteiger partial charge in [-0.2, -0.15) is 0 Å². The van der Waals surface area contributed by atoms with E-state index >= 15 is 0 Å². The van der Waals surface area contributed by atoms with Crippen LogP contribution in [-0.2, 0) is 0 Å². The molecule has 4 aromatic rings. The molecule has 0 radical (unpaired) electrons. The van der Waals surface area contributed by atoms with Gasteiger partial charge < -0.3 is 10.2 Å². The van der Waals surface area contributed by atoms with Gasteiger partial charge in [0.15, 0.2) is 17.3 Å². The Bertz CT molecular complexity index is 1120. The topological polar surface area (TPSA) is 57.5 Å². The van der Waals surface area contributed by atoms with Crippen LogP contribution in [0.25, 0.3) is 22.3 Å². The van der Waals surface area contributed by atoms with Crippen molar-refractivity contribution >= 4 is 5.78 Å². The number of ketones is 1. The minimum Gasteiger partial charge on any atom is -0.504 e. The Morgan fingerprint density at radius 2 is 1.07 bits per heavy atom. The van der Waals surface area contributed by atoms with Crippen molar-refractivity contribution in [1.29, 1.82) is 0 Å². The number of rotatable bonds is 4. The molecular formula is C25H18O3. The van der Waals surface area contributed by atoms with Crippen LogP contribution in [0, 0.1) is 0 Å². The quantitative estimate of drug-likeness (QED) is 0.362. The van der Waals surface area contributed by atoms with Crippen molar-refractivity contribution in [2.75, 3.05) is 0 Å². The van der Waals surface area contributed by atoms with Gasteiger partial charge in [0.1, 0.15) is 0 Å². The minimum atomic E-state index is -0.321. The molecule has 0 aliphatic heterocycles. The summed E-state index contributed by atoms with van der Waals surface area (Å²) in [5.41, 5.74) is 3.39. The highest BCUT2D eigenvalue weighted by molar-refractivity contribution is 6.15. The standard InChI is InChI=1S/C25H18O3/c26-21-16-20(24(27)19-14-8-3-9-15-19)22(17-10-4-1-5-11-17)23(25(21)28)18-12-6-2-7-13-18/h1-16,26,28H. The molecule has 0 bridgehead atoms. The second-order valence-corrected chi connectivity index (χ2v) is 6.47. The van der Waals surface area contributed by atoms with E-state index < -0.39 is 0 Å². The highest BCUT2D eigenvalue weighted by atomic mass is 16.3. The van der Waals surface area contributed by atoms with Crippen molar-refractivity contribution in [1.82, 2.24) is 0 Å². The van der Waals surface area contributed by atoms with Crippen molar-refractivity contribution in [2.45, 2.75) is 0 Å². The largest absolute Gasteiger partial charge is 0.504 e. The van der Waals surface area contributed by atoms with E-state index in [4.69, 9.17) is 0 Å². The van der Waals surface area contributed by atoms with Gasteiger partial charge in [-0.05, 0) is 17.2 Å². The monoisotopic (exact) mass is 366 g/mol. The average Bonchev–Trinajstić information content (AvgIpc) is 2.76. The van der Waals surface area contributed by atoms with E-state index in [0.717, 1.165) is 11.1 Å². The molecule has 3 nitrogen and oxygen atoms in total. The van der Waals surface area contributed by atoms with E-state index in [1.807, 2.05) is 66.7 Å². The summed E-state index contributed by atoms with van der Waals surface area (Å²) in [7, 11) is 0. The van der Waals surface area contributed by atoms with Crippen molar-refractivity contribution in [3.8, 4) is 33.8 Å². The Balaban J connectivity index is 2.07. The molecule has 4 aromatic carbocycles. The third-order valence-corrected chi connectivity index (χ3v) is 4.69. The maximum atomic E-state index is 13.3. The summed E-state index contributed by atoms with van der Waals surface area (Å²) >= 11 is 0. The summed E-state index contributed by atoms with van der Waals surface area (Å²) in [6.45, 7) is 0. The molecule has 0 unspecified atom stereocenters. The fourth-order valence-electron chi connectivity index (χ4n) is 3.37. The average molecular weight is 366 g/mol. The molecule has 0 aromatic heterocycles. The number of hydrogen-bond donors (Lipinski definition) is 2. The van der Waals surface area contributed by atoms with Crippen LogP contribution in [0.3, 0.4) is 0 Å². The van der Waals surface area contributed by atoms with Gasteiger partial charge in [-0.25, -0.2) is 0 Å². The number of phenolic OH excluding ortho intramolecular Hbond substituents is 2. The first-order valence-corrected chi connectivity index (χ1v) is 8.96. The fraction of sp³-hybridized carbons (Fsp3) is 0. The zero-order valence-electron chi connectivity index (χ0n) is 15.0. The van der Waals surface area contributed by atoms with Crippen molar-refractivity contribution in [2.24, 2.45) is 0 Å². The van der Waals surface area contributed by atoms with Crippen LogP contribution < -0.4 is 0 Å². The van der Waals surface area contributed by atoms with E-state index in [1.54, 1.807) is 24.3 Å². The summed E-state index contributed by atoms with van der Waals surface area (Å²) in [6, 6.07) is 29.0. The van der Waals surface area contributed by atoms with Gasteiger partial charge in [0, 0.05) is 22.3 Å². The molecule has 4 rings (SSSR count). The van der Waals surface area contributed by atoms with Crippen LogP contribution in [0.15, 0.2) is 97.1 Å². The first-order chi connectivity index (χ1) is 13.7. The van der Waals surface area contributed by atoms with Crippen LogP contribution >= 0.6 is 0 Å². The number of benzene rings is 4. The lowest BCUT2D eigenvalue weighted by atomic mass is 9.86. The second-order valence-electron chi connectivity index (χ2n) is 6.47. The zero-order valence-corrected chi connectivity index (χ0v) is 15.0. The number of phenols is 2. The molecule has 0 aliphatic carbocycles. The number of hydrogen-bond acceptors (Lipinski definition) is 3. The van der Waals surface area contributed by atoms with Crippen LogP contribution in [0.5, 0.6) is 11.5 Å². The highest BCUT2D eigenvalue weighted by Crippen LogP contribution is 2.46. The lowest BCUT2D eigenvalue weighted by molar-refractivity contribution is 0.103. The van der Waals surface area contributed by atoms with Gasteiger partial charge in [0.2, 0.25) is 0 Å². The Labute approximate surface area is 163 Å². The summed E-state index contributed by atoms with van der Waals surface area (Å²) in [5.74, 6) is -0.778. The van der Waals surface area contributed by atoms with Crippen molar-refractivity contribution < 1.29 is 15.0 Å². The van der Waals surface area contributed by atoms with Gasteiger partial charge in [0.25, 0.3) is 0 Å². The SMILES string of the molecule is O=C(c1ccccc1)c1cc(O)c(O)c(-c2ccccc2)c1-c1ccccc1. The first-order valence-electron chi connectivity index (χ1n) is 8.96. The molecule has 0 spiro atoms. The molecule has 136 valence electrons. The molecule has 0 amide bonds. The third-order valence-electron chi connectivity index (χ3n) is 4.69. The zero-order chi connectivity index (χ0) is 19.5. The molecule has 28 heavy (non-hydrogen) atoms. The predicted molar refractivity (Wildman–Crippen MR) is 111 cm³/mol. The fourth-order valence-corrected chi connectivity index (χ4v) is 3.37. The normalized spacial score (nSPS) is 10.6. The van der Waals surface area contributed by atoms with E-state index in [-0.39, 0.29) is 17.3 Å². The first kappa shape index (κ1) is 17.6. The summed E-state index contributed by atoms with van der Waals surface area (Å²) in [4.78, 5) is 13.3. The lowest BCUT2D eigenvalue weighted by Gasteiger charge is -2.18. The van der Waals surface area contributed by atoms with E-state index in [0.29, 0.717) is 22.3 Å². The van der Waals surface area contributed by atoms with Gasteiger partial charge in [-0.3, -0.25) is 4.79 Å². The van der Waals surface area contributed by atoms with E-state index in [2.05, 4.69) is 0 Å². The minimum absolute atomic E-state index is 0.216. The van der Waals surface area contributed by atoms with Crippen LogP contribution in [0.2, 0.25) is 0 Å². The maximum absolute atomic E-state index is 13.3. The molecule has 0 fully saturated rings. The van der Waals surface area contributed by atoms with Crippen LogP contribution in [-0.4, -0.2) is 16.0 Å². The Morgan fingerprint density at radius 3 is 1.61 bits per heavy atom. The maximum Gasteiger partial charge on any atom is 0.193 e. The second kappa shape index (κ2) is 7.41. The summed E-state index contributed by atoms with van der Waals surface area (Å²) in [6.07, 6.45) is 0. The van der Waals surface area contributed by atoms with E-state index in [9.17, 15) is 15.0 Å². The van der Waals surface area contributed by atoms with Crippen molar-refractivity contribution in [3.63, 3.8) is 0 Å². The Morgan fingerprint density at radius 1 is 0.607 bits per heavy atom. The number of carbonyl (C=O) groups excluding carboxylic acids is 1. The summed E-state index contributed by atoms with van der Waals surface area (Å²) < 4.78 is 0.